The van der Waals surface area contributed by atoms with Gasteiger partial charge < -0.3 is 10.6 Å². The van der Waals surface area contributed by atoms with Gasteiger partial charge in [0.1, 0.15) is 0 Å². The lowest BCUT2D eigenvalue weighted by Gasteiger charge is -2.20. The van der Waals surface area contributed by atoms with Crippen molar-refractivity contribution in [3.63, 3.8) is 0 Å². The highest BCUT2D eigenvalue weighted by Gasteiger charge is 2.16. The molecule has 1 rings (SSSR count). The van der Waals surface area contributed by atoms with E-state index in [1.54, 1.807) is 6.07 Å². The van der Waals surface area contributed by atoms with E-state index in [1.165, 1.54) is 12.1 Å². The van der Waals surface area contributed by atoms with Crippen LogP contribution >= 0.6 is 15.9 Å². The summed E-state index contributed by atoms with van der Waals surface area (Å²) in [5.41, 5.74) is 6.13. The molecule has 0 aliphatic rings. The molecule has 0 radical (unpaired) electrons. The van der Waals surface area contributed by atoms with Crippen LogP contribution in [0, 0.1) is 0 Å². The van der Waals surface area contributed by atoms with E-state index in [1.807, 2.05) is 25.9 Å². The molecule has 18 heavy (non-hydrogen) atoms. The number of sulfonamides is 1. The highest BCUT2D eigenvalue weighted by molar-refractivity contribution is 9.10. The van der Waals surface area contributed by atoms with Crippen molar-refractivity contribution >= 4 is 31.6 Å². The molecule has 7 heteroatoms. The maximum absolute atomic E-state index is 12.0. The van der Waals surface area contributed by atoms with E-state index >= 15 is 0 Å². The first-order valence-electron chi connectivity index (χ1n) is 5.45. The summed E-state index contributed by atoms with van der Waals surface area (Å²) in [6.45, 7) is 2.30. The van der Waals surface area contributed by atoms with Crippen LogP contribution in [0.4, 0.5) is 5.69 Å². The molecule has 0 heterocycles. The summed E-state index contributed by atoms with van der Waals surface area (Å²) in [6.07, 6.45) is 0. The van der Waals surface area contributed by atoms with Crippen molar-refractivity contribution in [1.82, 2.24) is 9.62 Å². The van der Waals surface area contributed by atoms with Gasteiger partial charge in [0, 0.05) is 22.7 Å². The average molecular weight is 336 g/mol. The molecule has 0 aromatic heterocycles. The summed E-state index contributed by atoms with van der Waals surface area (Å²) in [6, 6.07) is 4.67. The Bertz CT molecular complexity index is 517. The lowest BCUT2D eigenvalue weighted by molar-refractivity contribution is 0.314. The maximum Gasteiger partial charge on any atom is 0.240 e. The fraction of sp³-hybridized carbons (Fsp3) is 0.455. The first-order chi connectivity index (χ1) is 8.24. The number of hydrogen-bond acceptors (Lipinski definition) is 4. The van der Waals surface area contributed by atoms with Crippen molar-refractivity contribution < 1.29 is 8.42 Å². The van der Waals surface area contributed by atoms with Crippen molar-refractivity contribution in [3.8, 4) is 0 Å². The molecular weight excluding hydrogens is 318 g/mol. The summed E-state index contributed by atoms with van der Waals surface area (Å²) >= 11 is 3.22. The third-order valence-corrected chi connectivity index (χ3v) is 4.84. The van der Waals surface area contributed by atoms with Crippen LogP contribution in [0.1, 0.15) is 6.92 Å². The molecule has 0 aliphatic carbocycles. The van der Waals surface area contributed by atoms with Crippen molar-refractivity contribution in [2.75, 3.05) is 26.4 Å². The van der Waals surface area contributed by atoms with Crippen LogP contribution in [0.3, 0.4) is 0 Å². The third kappa shape index (κ3) is 3.94. The second kappa shape index (κ2) is 6.01. The van der Waals surface area contributed by atoms with Crippen LogP contribution < -0.4 is 10.5 Å². The van der Waals surface area contributed by atoms with Gasteiger partial charge in [-0.05, 0) is 55.1 Å². The number of nitrogens with zero attached hydrogens (tertiary/aromatic N) is 1. The quantitative estimate of drug-likeness (QED) is 0.794. The lowest BCUT2D eigenvalue weighted by Crippen LogP contribution is -2.38. The Morgan fingerprint density at radius 3 is 2.56 bits per heavy atom. The van der Waals surface area contributed by atoms with E-state index < -0.39 is 10.0 Å². The second-order valence-corrected chi connectivity index (χ2v) is 6.97. The SMILES string of the molecule is CC(CNS(=O)(=O)c1ccc(N)c(Br)c1)N(C)C. The molecule has 0 amide bonds. The molecule has 1 aromatic carbocycles. The zero-order chi connectivity index (χ0) is 13.9. The van der Waals surface area contributed by atoms with E-state index in [-0.39, 0.29) is 10.9 Å². The van der Waals surface area contributed by atoms with Crippen molar-refractivity contribution in [3.05, 3.63) is 22.7 Å². The summed E-state index contributed by atoms with van der Waals surface area (Å²) in [5, 5.41) is 0. The predicted molar refractivity (Wildman–Crippen MR) is 76.9 cm³/mol. The Kier molecular flexibility index (Phi) is 5.15. The number of nitrogens with one attached hydrogen (secondary N) is 1. The fourth-order valence-corrected chi connectivity index (χ4v) is 2.85. The Morgan fingerprint density at radius 1 is 1.44 bits per heavy atom. The van der Waals surface area contributed by atoms with Crippen LogP contribution in [0.5, 0.6) is 0 Å². The number of anilines is 1. The van der Waals surface area contributed by atoms with Crippen LogP contribution in [-0.4, -0.2) is 40.0 Å². The summed E-state index contributed by atoms with van der Waals surface area (Å²) in [4.78, 5) is 2.15. The molecule has 0 saturated heterocycles. The van der Waals surface area contributed by atoms with Crippen LogP contribution in [-0.2, 0) is 10.0 Å². The standard InChI is InChI=1S/C11H18BrN3O2S/c1-8(15(2)3)7-14-18(16,17)9-4-5-11(13)10(12)6-9/h4-6,8,14H,7,13H2,1-3H3. The highest BCUT2D eigenvalue weighted by atomic mass is 79.9. The largest absolute Gasteiger partial charge is 0.398 e. The second-order valence-electron chi connectivity index (χ2n) is 4.35. The van der Waals surface area contributed by atoms with Gasteiger partial charge >= 0.3 is 0 Å². The monoisotopic (exact) mass is 335 g/mol. The topological polar surface area (TPSA) is 75.4 Å². The molecule has 0 spiro atoms. The summed E-state index contributed by atoms with van der Waals surface area (Å²) in [7, 11) is 0.313. The van der Waals surface area contributed by atoms with E-state index in [2.05, 4.69) is 20.7 Å². The highest BCUT2D eigenvalue weighted by Crippen LogP contribution is 2.22. The molecular formula is C11H18BrN3O2S. The van der Waals surface area contributed by atoms with Crippen LogP contribution in [0.2, 0.25) is 0 Å². The third-order valence-electron chi connectivity index (χ3n) is 2.73. The fourth-order valence-electron chi connectivity index (χ4n) is 1.17. The van der Waals surface area contributed by atoms with Crippen molar-refractivity contribution in [1.29, 1.82) is 0 Å². The number of benzene rings is 1. The number of likely N-dealkylation sites (N-methyl/N-ethyl adjacent to an activating group) is 1. The Morgan fingerprint density at radius 2 is 2.06 bits per heavy atom. The van der Waals surface area contributed by atoms with Gasteiger partial charge in [0.05, 0.1) is 4.90 Å². The molecule has 3 N–H and O–H groups in total. The van der Waals surface area contributed by atoms with Gasteiger partial charge in [-0.25, -0.2) is 13.1 Å². The minimum Gasteiger partial charge on any atom is -0.398 e. The molecule has 5 nitrogen and oxygen atoms in total. The number of nitrogens with two attached hydrogens (primary N) is 1. The van der Waals surface area contributed by atoms with Gasteiger partial charge in [-0.3, -0.25) is 0 Å². The smallest absolute Gasteiger partial charge is 0.240 e. The molecule has 102 valence electrons. The molecule has 1 aromatic rings. The first-order valence-corrected chi connectivity index (χ1v) is 7.73. The van der Waals surface area contributed by atoms with Crippen LogP contribution in [0.15, 0.2) is 27.6 Å². The summed E-state index contributed by atoms with van der Waals surface area (Å²) < 4.78 is 27.2. The van der Waals surface area contributed by atoms with Gasteiger partial charge in [0.25, 0.3) is 0 Å². The molecule has 0 saturated carbocycles. The predicted octanol–water partition coefficient (Wildman–Crippen LogP) is 1.26. The Hall–Kier alpha value is -0.630. The maximum atomic E-state index is 12.0. The average Bonchev–Trinajstić information content (AvgIpc) is 2.29. The minimum atomic E-state index is -3.49. The number of nitrogen functional groups attached to an aromatic ring is 1. The van der Waals surface area contributed by atoms with Crippen LogP contribution in [0.25, 0.3) is 0 Å². The van der Waals surface area contributed by atoms with E-state index in [0.717, 1.165) is 0 Å². The first kappa shape index (κ1) is 15.4. The zero-order valence-corrected chi connectivity index (χ0v) is 13.0. The molecule has 1 atom stereocenters. The molecule has 0 fully saturated rings. The van der Waals surface area contributed by atoms with Gasteiger partial charge in [-0.1, -0.05) is 0 Å². The van der Waals surface area contributed by atoms with Gasteiger partial charge in [0.15, 0.2) is 0 Å². The zero-order valence-electron chi connectivity index (χ0n) is 10.6. The summed E-state index contributed by atoms with van der Waals surface area (Å²) in [5.74, 6) is 0. The van der Waals surface area contributed by atoms with Crippen molar-refractivity contribution in [2.24, 2.45) is 0 Å². The minimum absolute atomic E-state index is 0.122. The van der Waals surface area contributed by atoms with E-state index in [0.29, 0.717) is 16.7 Å². The van der Waals surface area contributed by atoms with Gasteiger partial charge in [-0.15, -0.1) is 0 Å². The molecule has 0 aliphatic heterocycles. The Labute approximate surface area is 117 Å². The Balaban J connectivity index is 2.83. The van der Waals surface area contributed by atoms with Gasteiger partial charge in [0.2, 0.25) is 10.0 Å². The van der Waals surface area contributed by atoms with Gasteiger partial charge in [-0.2, -0.15) is 0 Å². The van der Waals surface area contributed by atoms with Crippen molar-refractivity contribution in [2.45, 2.75) is 17.9 Å². The van der Waals surface area contributed by atoms with E-state index in [9.17, 15) is 8.42 Å². The number of halogens is 1. The number of rotatable bonds is 5. The number of hydrogen-bond donors (Lipinski definition) is 2. The molecule has 0 bridgehead atoms. The van der Waals surface area contributed by atoms with E-state index in [4.69, 9.17) is 5.73 Å². The normalized spacial score (nSPS) is 13.8. The molecule has 1 unspecified atom stereocenters. The lowest BCUT2D eigenvalue weighted by atomic mass is 10.3.